The molecule has 1 N–H and O–H groups in total. The Bertz CT molecular complexity index is 704. The number of carbonyl (C=O) groups excluding carboxylic acids is 1. The van der Waals surface area contributed by atoms with Gasteiger partial charge in [0.15, 0.2) is 5.13 Å². The highest BCUT2D eigenvalue weighted by molar-refractivity contribution is 8.01. The number of thiazole rings is 1. The maximum atomic E-state index is 12.8. The van der Waals surface area contributed by atoms with Crippen LogP contribution in [0.5, 0.6) is 0 Å². The van der Waals surface area contributed by atoms with E-state index < -0.39 is 0 Å². The average molecular weight is 492 g/mol. The minimum Gasteiger partial charge on any atom is -0.303 e. The third-order valence-corrected chi connectivity index (χ3v) is 10.5. The van der Waals surface area contributed by atoms with Crippen LogP contribution in [0.4, 0.5) is 5.13 Å². The highest BCUT2D eigenvalue weighted by Crippen LogP contribution is 2.43. The fourth-order valence-electron chi connectivity index (χ4n) is 6.45. The summed E-state index contributed by atoms with van der Waals surface area (Å²) in [7, 11) is 0. The van der Waals surface area contributed by atoms with Crippen molar-refractivity contribution in [2.45, 2.75) is 101 Å². The Hall–Kier alpha value is -0.590. The predicted molar refractivity (Wildman–Crippen MR) is 142 cm³/mol. The van der Waals surface area contributed by atoms with Crippen LogP contribution in [-0.2, 0) is 4.79 Å². The summed E-state index contributed by atoms with van der Waals surface area (Å²) in [6, 6.07) is 0. The molecule has 1 saturated heterocycles. The van der Waals surface area contributed by atoms with Gasteiger partial charge in [-0.25, -0.2) is 4.98 Å². The molecule has 4 rings (SSSR count). The van der Waals surface area contributed by atoms with Gasteiger partial charge in [0.2, 0.25) is 5.91 Å². The lowest BCUT2D eigenvalue weighted by atomic mass is 9.67. The first-order chi connectivity index (χ1) is 16.2. The van der Waals surface area contributed by atoms with Crippen molar-refractivity contribution in [2.75, 3.05) is 30.7 Å². The van der Waals surface area contributed by atoms with Crippen LogP contribution < -0.4 is 5.32 Å². The number of piperidine rings is 1. The van der Waals surface area contributed by atoms with Gasteiger partial charge in [-0.05, 0) is 68.9 Å². The van der Waals surface area contributed by atoms with E-state index in [-0.39, 0.29) is 5.91 Å². The molecule has 3 aliphatic rings. The van der Waals surface area contributed by atoms with E-state index in [1.807, 2.05) is 18.0 Å². The minimum atomic E-state index is 0.166. The normalized spacial score (nSPS) is 26.2. The van der Waals surface area contributed by atoms with Crippen LogP contribution in [0, 0.1) is 23.7 Å². The molecule has 2 heterocycles. The number of hydrogen-bond donors (Lipinski definition) is 1. The van der Waals surface area contributed by atoms with Crippen LogP contribution in [0.3, 0.4) is 0 Å². The van der Waals surface area contributed by atoms with E-state index in [4.69, 9.17) is 0 Å². The van der Waals surface area contributed by atoms with Gasteiger partial charge in [-0.2, -0.15) is 0 Å². The van der Waals surface area contributed by atoms with E-state index in [0.29, 0.717) is 6.42 Å². The number of nitrogens with zero attached hydrogens (tertiary/aromatic N) is 2. The van der Waals surface area contributed by atoms with Crippen molar-refractivity contribution < 1.29 is 4.79 Å². The summed E-state index contributed by atoms with van der Waals surface area (Å²) in [6.45, 7) is 6.08. The Morgan fingerprint density at radius 1 is 1.06 bits per heavy atom. The standard InChI is InChI=1S/C27H45N3OS2/c1-21-10-12-23(13-11-21)24(22-8-4-2-5-9-22)14-15-25(31)29-27-28-20-26(33-27)32-19-18-30-16-6-3-7-17-30/h20-24H,2-19H2,1H3,(H,28,29,31). The molecule has 2 aliphatic carbocycles. The van der Waals surface area contributed by atoms with Crippen molar-refractivity contribution in [3.63, 3.8) is 0 Å². The summed E-state index contributed by atoms with van der Waals surface area (Å²) in [5, 5.41) is 3.89. The Labute approximate surface area is 210 Å². The van der Waals surface area contributed by atoms with Crippen LogP contribution in [0.2, 0.25) is 0 Å². The van der Waals surface area contributed by atoms with Gasteiger partial charge in [-0.15, -0.1) is 11.8 Å². The highest BCUT2D eigenvalue weighted by atomic mass is 32.2. The number of anilines is 1. The van der Waals surface area contributed by atoms with E-state index in [1.54, 1.807) is 11.3 Å². The molecule has 0 aromatic carbocycles. The number of thioether (sulfide) groups is 1. The molecule has 186 valence electrons. The zero-order valence-electron chi connectivity index (χ0n) is 20.7. The van der Waals surface area contributed by atoms with Crippen LogP contribution in [0.15, 0.2) is 10.4 Å². The van der Waals surface area contributed by atoms with E-state index in [2.05, 4.69) is 22.1 Å². The molecular weight excluding hydrogens is 446 g/mol. The third kappa shape index (κ3) is 8.24. The topological polar surface area (TPSA) is 45.2 Å². The molecule has 1 aromatic heterocycles. The summed E-state index contributed by atoms with van der Waals surface area (Å²) < 4.78 is 1.22. The molecule has 1 aromatic rings. The lowest BCUT2D eigenvalue weighted by Gasteiger charge is -2.39. The number of amides is 1. The van der Waals surface area contributed by atoms with Gasteiger partial charge in [0.25, 0.3) is 0 Å². The highest BCUT2D eigenvalue weighted by Gasteiger charge is 2.32. The van der Waals surface area contributed by atoms with E-state index in [1.165, 1.54) is 94.3 Å². The van der Waals surface area contributed by atoms with Crippen LogP contribution in [0.25, 0.3) is 0 Å². The summed E-state index contributed by atoms with van der Waals surface area (Å²) in [5.74, 6) is 4.62. The first-order valence-electron chi connectivity index (χ1n) is 13.8. The molecule has 1 aliphatic heterocycles. The predicted octanol–water partition coefficient (Wildman–Crippen LogP) is 7.46. The summed E-state index contributed by atoms with van der Waals surface area (Å²) in [5.41, 5.74) is 0. The largest absolute Gasteiger partial charge is 0.303 e. The lowest BCUT2D eigenvalue weighted by Crippen LogP contribution is -2.31. The maximum absolute atomic E-state index is 12.8. The molecule has 0 bridgehead atoms. The van der Waals surface area contributed by atoms with Gasteiger partial charge in [0, 0.05) is 18.7 Å². The molecule has 1 amide bonds. The lowest BCUT2D eigenvalue weighted by molar-refractivity contribution is -0.116. The molecule has 2 saturated carbocycles. The molecule has 0 radical (unpaired) electrons. The smallest absolute Gasteiger partial charge is 0.226 e. The first-order valence-corrected chi connectivity index (χ1v) is 15.6. The fraction of sp³-hybridized carbons (Fsp3) is 0.852. The monoisotopic (exact) mass is 491 g/mol. The van der Waals surface area contributed by atoms with Crippen molar-refractivity contribution in [3.8, 4) is 0 Å². The van der Waals surface area contributed by atoms with Gasteiger partial charge in [-0.3, -0.25) is 4.79 Å². The molecule has 4 nitrogen and oxygen atoms in total. The van der Waals surface area contributed by atoms with Crippen molar-refractivity contribution in [1.82, 2.24) is 9.88 Å². The van der Waals surface area contributed by atoms with E-state index in [0.717, 1.165) is 47.5 Å². The Balaban J connectivity index is 1.21. The van der Waals surface area contributed by atoms with Crippen LogP contribution in [0.1, 0.15) is 96.8 Å². The van der Waals surface area contributed by atoms with Gasteiger partial charge in [0.05, 0.1) is 10.4 Å². The second kappa shape index (κ2) is 13.5. The number of aromatic nitrogens is 1. The number of hydrogen-bond acceptors (Lipinski definition) is 5. The summed E-state index contributed by atoms with van der Waals surface area (Å²) >= 11 is 3.52. The van der Waals surface area contributed by atoms with Gasteiger partial charge in [0.1, 0.15) is 0 Å². The number of carbonyl (C=O) groups is 1. The first kappa shape index (κ1) is 25.5. The summed E-state index contributed by atoms with van der Waals surface area (Å²) in [4.78, 5) is 19.9. The van der Waals surface area contributed by atoms with Gasteiger partial charge >= 0.3 is 0 Å². The molecular formula is C27H45N3OS2. The fourth-order valence-corrected chi connectivity index (χ4v) is 8.42. The number of nitrogens with one attached hydrogen (secondary N) is 1. The second-order valence-electron chi connectivity index (χ2n) is 10.9. The average Bonchev–Trinajstić information content (AvgIpc) is 3.28. The summed E-state index contributed by atoms with van der Waals surface area (Å²) in [6.07, 6.45) is 20.3. The minimum absolute atomic E-state index is 0.166. The van der Waals surface area contributed by atoms with Gasteiger partial charge in [-0.1, -0.05) is 69.6 Å². The molecule has 3 fully saturated rings. The number of likely N-dealkylation sites (tertiary alicyclic amines) is 1. The maximum Gasteiger partial charge on any atom is 0.226 e. The Morgan fingerprint density at radius 3 is 2.52 bits per heavy atom. The van der Waals surface area contributed by atoms with Gasteiger partial charge < -0.3 is 10.2 Å². The second-order valence-corrected chi connectivity index (χ2v) is 13.3. The quantitative estimate of drug-likeness (QED) is 0.345. The number of rotatable bonds is 10. The van der Waals surface area contributed by atoms with Crippen molar-refractivity contribution in [3.05, 3.63) is 6.20 Å². The molecule has 6 heteroatoms. The zero-order chi connectivity index (χ0) is 22.9. The van der Waals surface area contributed by atoms with Crippen molar-refractivity contribution in [2.24, 2.45) is 23.7 Å². The molecule has 33 heavy (non-hydrogen) atoms. The molecule has 1 atom stereocenters. The molecule has 0 spiro atoms. The van der Waals surface area contributed by atoms with E-state index in [9.17, 15) is 4.79 Å². The SMILES string of the molecule is CC1CCC(C(CCC(=O)Nc2ncc(SCCN3CCCCC3)s2)C2CCCCC2)CC1. The van der Waals surface area contributed by atoms with Crippen molar-refractivity contribution in [1.29, 1.82) is 0 Å². The Kier molecular flexibility index (Phi) is 10.4. The molecule has 1 unspecified atom stereocenters. The van der Waals surface area contributed by atoms with Crippen LogP contribution >= 0.6 is 23.1 Å². The van der Waals surface area contributed by atoms with Crippen LogP contribution in [-0.4, -0.2) is 41.2 Å². The Morgan fingerprint density at radius 2 is 1.76 bits per heavy atom. The third-order valence-electron chi connectivity index (χ3n) is 8.46. The van der Waals surface area contributed by atoms with Crippen molar-refractivity contribution >= 4 is 34.1 Å². The zero-order valence-corrected chi connectivity index (χ0v) is 22.4. The van der Waals surface area contributed by atoms with E-state index >= 15 is 0 Å².